The fourth-order valence-corrected chi connectivity index (χ4v) is 2.33. The highest BCUT2D eigenvalue weighted by Crippen LogP contribution is 2.26. The largest absolute Gasteiger partial charge is 0.496 e. The number of aromatic nitrogens is 1. The van der Waals surface area contributed by atoms with Crippen molar-refractivity contribution in [3.63, 3.8) is 0 Å². The van der Waals surface area contributed by atoms with Crippen LogP contribution >= 0.6 is 0 Å². The molecule has 0 radical (unpaired) electrons. The summed E-state index contributed by atoms with van der Waals surface area (Å²) in [5.74, 6) is 0.730. The summed E-state index contributed by atoms with van der Waals surface area (Å²) in [5, 5.41) is 13.1. The van der Waals surface area contributed by atoms with Gasteiger partial charge in [-0.15, -0.1) is 0 Å². The molecule has 114 valence electrons. The molecule has 0 aliphatic rings. The number of amides is 1. The van der Waals surface area contributed by atoms with Crippen LogP contribution in [-0.2, 0) is 0 Å². The highest BCUT2D eigenvalue weighted by molar-refractivity contribution is 5.99. The van der Waals surface area contributed by atoms with Gasteiger partial charge in [0.2, 0.25) is 0 Å². The van der Waals surface area contributed by atoms with Crippen LogP contribution < -0.4 is 10.1 Å². The van der Waals surface area contributed by atoms with E-state index in [-0.39, 0.29) is 24.5 Å². The minimum absolute atomic E-state index is 0.0652. The fourth-order valence-electron chi connectivity index (χ4n) is 2.33. The molecule has 0 saturated carbocycles. The van der Waals surface area contributed by atoms with Gasteiger partial charge in [0.25, 0.3) is 5.91 Å². The third-order valence-electron chi connectivity index (χ3n) is 3.93. The minimum Gasteiger partial charge on any atom is -0.496 e. The Labute approximate surface area is 124 Å². The summed E-state index contributed by atoms with van der Waals surface area (Å²) in [6.07, 6.45) is 0.895. The van der Waals surface area contributed by atoms with E-state index in [2.05, 4.69) is 10.3 Å². The van der Waals surface area contributed by atoms with E-state index in [0.717, 1.165) is 23.1 Å². The second-order valence-electron chi connectivity index (χ2n) is 5.25. The second kappa shape index (κ2) is 6.63. The van der Waals surface area contributed by atoms with Gasteiger partial charge in [0, 0.05) is 10.9 Å². The fraction of sp³-hybridized carbons (Fsp3) is 0.438. The molecule has 0 unspecified atom stereocenters. The lowest BCUT2D eigenvalue weighted by Gasteiger charge is -2.21. The summed E-state index contributed by atoms with van der Waals surface area (Å²) in [4.78, 5) is 15.4. The maximum Gasteiger partial charge on any atom is 0.268 e. The van der Waals surface area contributed by atoms with Gasteiger partial charge in [-0.1, -0.05) is 26.3 Å². The molecule has 2 rings (SSSR count). The molecule has 21 heavy (non-hydrogen) atoms. The zero-order chi connectivity index (χ0) is 15.4. The third kappa shape index (κ3) is 3.19. The normalized spacial score (nSPS) is 13.9. The van der Waals surface area contributed by atoms with Crippen LogP contribution in [0.15, 0.2) is 24.3 Å². The molecule has 0 saturated heterocycles. The Morgan fingerprint density at radius 3 is 2.86 bits per heavy atom. The molecule has 1 amide bonds. The van der Waals surface area contributed by atoms with Crippen molar-refractivity contribution in [3.05, 3.63) is 30.0 Å². The van der Waals surface area contributed by atoms with E-state index in [0.29, 0.717) is 5.69 Å². The molecule has 5 heteroatoms. The first kappa shape index (κ1) is 15.4. The number of aliphatic hydroxyl groups excluding tert-OH is 1. The maximum atomic E-state index is 12.3. The molecule has 3 N–H and O–H groups in total. The summed E-state index contributed by atoms with van der Waals surface area (Å²) in [7, 11) is 1.60. The van der Waals surface area contributed by atoms with Gasteiger partial charge in [-0.3, -0.25) is 4.79 Å². The summed E-state index contributed by atoms with van der Waals surface area (Å²) in [6, 6.07) is 7.15. The Kier molecular flexibility index (Phi) is 4.85. The molecule has 5 nitrogen and oxygen atoms in total. The third-order valence-corrected chi connectivity index (χ3v) is 3.93. The van der Waals surface area contributed by atoms with Crippen LogP contribution in [0.5, 0.6) is 5.75 Å². The van der Waals surface area contributed by atoms with Crippen LogP contribution in [0.2, 0.25) is 0 Å². The number of carbonyl (C=O) groups excluding carboxylic acids is 1. The predicted molar refractivity (Wildman–Crippen MR) is 82.6 cm³/mol. The van der Waals surface area contributed by atoms with Crippen LogP contribution in [0.3, 0.4) is 0 Å². The molecule has 1 aromatic carbocycles. The number of benzene rings is 1. The molecule has 0 spiro atoms. The van der Waals surface area contributed by atoms with Gasteiger partial charge in [0.15, 0.2) is 0 Å². The summed E-state index contributed by atoms with van der Waals surface area (Å²) in [6.45, 7) is 3.98. The van der Waals surface area contributed by atoms with Crippen LogP contribution in [0, 0.1) is 5.92 Å². The quantitative estimate of drug-likeness (QED) is 0.764. The molecule has 0 aliphatic carbocycles. The van der Waals surface area contributed by atoms with Gasteiger partial charge in [0.05, 0.1) is 19.8 Å². The highest BCUT2D eigenvalue weighted by atomic mass is 16.5. The Bertz CT molecular complexity index is 621. The number of carbonyl (C=O) groups is 1. The summed E-state index contributed by atoms with van der Waals surface area (Å²) < 4.78 is 5.29. The second-order valence-corrected chi connectivity index (χ2v) is 5.25. The zero-order valence-electron chi connectivity index (χ0n) is 12.6. The van der Waals surface area contributed by atoms with E-state index in [1.165, 1.54) is 0 Å². The molecular formula is C16H22N2O3. The summed E-state index contributed by atoms with van der Waals surface area (Å²) in [5.41, 5.74) is 1.32. The summed E-state index contributed by atoms with van der Waals surface area (Å²) >= 11 is 0. The van der Waals surface area contributed by atoms with Crippen molar-refractivity contribution in [2.24, 2.45) is 5.92 Å². The standard InChI is InChI=1S/C16H22N2O3/c1-4-10(2)14(9-19)18-16(20)13-8-11-12(17-13)6-5-7-15(11)21-3/h5-8,10,14,17,19H,4,9H2,1-3H3,(H,18,20)/t10-,14+/m1/s1. The van der Waals surface area contributed by atoms with Gasteiger partial charge in [-0.2, -0.15) is 0 Å². The smallest absolute Gasteiger partial charge is 0.268 e. The van der Waals surface area contributed by atoms with Crippen molar-refractivity contribution in [1.29, 1.82) is 0 Å². The molecule has 0 fully saturated rings. The topological polar surface area (TPSA) is 74.3 Å². The van der Waals surface area contributed by atoms with Crippen LogP contribution in [-0.4, -0.2) is 35.8 Å². The maximum absolute atomic E-state index is 12.3. The van der Waals surface area contributed by atoms with Gasteiger partial charge in [0.1, 0.15) is 11.4 Å². The number of methoxy groups -OCH3 is 1. The van der Waals surface area contributed by atoms with Crippen molar-refractivity contribution >= 4 is 16.8 Å². The molecule has 0 aliphatic heterocycles. The van der Waals surface area contributed by atoms with Crippen LogP contribution in [0.25, 0.3) is 10.9 Å². The van der Waals surface area contributed by atoms with E-state index >= 15 is 0 Å². The number of hydrogen-bond donors (Lipinski definition) is 3. The average Bonchev–Trinajstić information content (AvgIpc) is 2.95. The van der Waals surface area contributed by atoms with E-state index in [4.69, 9.17) is 4.74 Å². The lowest BCUT2D eigenvalue weighted by atomic mass is 10.00. The Balaban J connectivity index is 2.23. The molecule has 2 atom stereocenters. The lowest BCUT2D eigenvalue weighted by molar-refractivity contribution is 0.0887. The molecule has 2 aromatic rings. The first-order valence-electron chi connectivity index (χ1n) is 7.18. The highest BCUT2D eigenvalue weighted by Gasteiger charge is 2.19. The SMILES string of the molecule is CC[C@@H](C)[C@H](CO)NC(=O)c1cc2c(OC)cccc2[nH]1. The number of hydrogen-bond acceptors (Lipinski definition) is 3. The number of aromatic amines is 1. The van der Waals surface area contributed by atoms with E-state index in [1.54, 1.807) is 13.2 Å². The number of ether oxygens (including phenoxy) is 1. The van der Waals surface area contributed by atoms with Gasteiger partial charge < -0.3 is 20.1 Å². The van der Waals surface area contributed by atoms with E-state index in [1.807, 2.05) is 32.0 Å². The van der Waals surface area contributed by atoms with Crippen molar-refractivity contribution in [1.82, 2.24) is 10.3 Å². The minimum atomic E-state index is -0.240. The van der Waals surface area contributed by atoms with Crippen molar-refractivity contribution in [2.45, 2.75) is 26.3 Å². The first-order chi connectivity index (χ1) is 10.1. The zero-order valence-corrected chi connectivity index (χ0v) is 12.6. The lowest BCUT2D eigenvalue weighted by Crippen LogP contribution is -2.42. The number of rotatable bonds is 6. The molecule has 0 bridgehead atoms. The number of H-pyrrole nitrogens is 1. The van der Waals surface area contributed by atoms with Crippen molar-refractivity contribution < 1.29 is 14.6 Å². The monoisotopic (exact) mass is 290 g/mol. The van der Waals surface area contributed by atoms with Crippen molar-refractivity contribution in [2.75, 3.05) is 13.7 Å². The van der Waals surface area contributed by atoms with Crippen LogP contribution in [0.4, 0.5) is 0 Å². The Morgan fingerprint density at radius 2 is 2.24 bits per heavy atom. The van der Waals surface area contributed by atoms with Crippen molar-refractivity contribution in [3.8, 4) is 5.75 Å². The first-order valence-corrected chi connectivity index (χ1v) is 7.18. The molecule has 1 heterocycles. The Hall–Kier alpha value is -2.01. The van der Waals surface area contributed by atoms with E-state index in [9.17, 15) is 9.90 Å². The number of aliphatic hydroxyl groups is 1. The van der Waals surface area contributed by atoms with Crippen LogP contribution in [0.1, 0.15) is 30.8 Å². The number of nitrogens with one attached hydrogen (secondary N) is 2. The van der Waals surface area contributed by atoms with Gasteiger partial charge in [-0.25, -0.2) is 0 Å². The molecule has 1 aromatic heterocycles. The predicted octanol–water partition coefficient (Wildman–Crippen LogP) is 2.31. The average molecular weight is 290 g/mol. The number of fused-ring (bicyclic) bond motifs is 1. The van der Waals surface area contributed by atoms with E-state index < -0.39 is 0 Å². The van der Waals surface area contributed by atoms with Gasteiger partial charge in [-0.05, 0) is 24.1 Å². The van der Waals surface area contributed by atoms with Gasteiger partial charge >= 0.3 is 0 Å². The molecular weight excluding hydrogens is 268 g/mol. The Morgan fingerprint density at radius 1 is 1.48 bits per heavy atom.